The molecular weight excluding hydrogens is 282 g/mol. The van der Waals surface area contributed by atoms with Crippen LogP contribution in [0.5, 0.6) is 11.5 Å². The van der Waals surface area contributed by atoms with E-state index in [1.165, 1.54) is 12.4 Å². The lowest BCUT2D eigenvalue weighted by Crippen LogP contribution is -2.21. The number of aromatic nitrogens is 2. The topological polar surface area (TPSA) is 73.3 Å². The summed E-state index contributed by atoms with van der Waals surface area (Å²) in [4.78, 5) is 20.2. The van der Waals surface area contributed by atoms with E-state index in [-0.39, 0.29) is 16.5 Å². The van der Waals surface area contributed by atoms with Crippen LogP contribution in [0.25, 0.3) is 0 Å². The molecule has 0 saturated carbocycles. The molecule has 0 aliphatic carbocycles. The summed E-state index contributed by atoms with van der Waals surface area (Å²) in [6, 6.07) is 4.92. The Morgan fingerprint density at radius 2 is 1.95 bits per heavy atom. The van der Waals surface area contributed by atoms with Crippen LogP contribution >= 0.6 is 11.6 Å². The Kier molecular flexibility index (Phi) is 3.39. The second-order valence-corrected chi connectivity index (χ2v) is 4.38. The molecule has 0 bridgehead atoms. The van der Waals surface area contributed by atoms with E-state index >= 15 is 0 Å². The molecule has 102 valence electrons. The first-order chi connectivity index (χ1) is 9.75. The molecule has 3 rings (SSSR count). The van der Waals surface area contributed by atoms with Gasteiger partial charge in [-0.3, -0.25) is 10.1 Å². The lowest BCUT2D eigenvalue weighted by Gasteiger charge is -2.21. The molecule has 1 aromatic heterocycles. The summed E-state index contributed by atoms with van der Waals surface area (Å²) in [6.07, 6.45) is 3.06. The van der Waals surface area contributed by atoms with Gasteiger partial charge in [0.15, 0.2) is 11.5 Å². The lowest BCUT2D eigenvalue weighted by molar-refractivity contribution is 0.101. The van der Waals surface area contributed by atoms with Crippen molar-refractivity contribution in [2.75, 3.05) is 18.5 Å². The van der Waals surface area contributed by atoms with Gasteiger partial charge in [-0.15, -0.1) is 0 Å². The van der Waals surface area contributed by atoms with Gasteiger partial charge in [-0.2, -0.15) is 0 Å². The zero-order valence-corrected chi connectivity index (χ0v) is 11.1. The van der Waals surface area contributed by atoms with E-state index in [2.05, 4.69) is 15.3 Å². The molecule has 1 aromatic carbocycles. The normalized spacial score (nSPS) is 12.8. The minimum absolute atomic E-state index is 0.197. The third-order valence-electron chi connectivity index (χ3n) is 2.68. The Morgan fingerprint density at radius 1 is 1.20 bits per heavy atom. The summed E-state index contributed by atoms with van der Waals surface area (Å²) in [7, 11) is 0. The monoisotopic (exact) mass is 291 g/mol. The molecule has 0 spiro atoms. The van der Waals surface area contributed by atoms with Crippen molar-refractivity contribution in [2.45, 2.75) is 0 Å². The standard InChI is InChI=1S/C13H10ClN3O3/c14-8-2-3-9-11(20-7-6-19-9)10(8)12(18)17-13-15-4-1-5-16-13/h1-5H,6-7H2,(H,15,16,17,18). The molecule has 7 heteroatoms. The highest BCUT2D eigenvalue weighted by Gasteiger charge is 2.24. The van der Waals surface area contributed by atoms with Gasteiger partial charge in [0.2, 0.25) is 5.95 Å². The fourth-order valence-electron chi connectivity index (χ4n) is 1.83. The minimum Gasteiger partial charge on any atom is -0.486 e. The van der Waals surface area contributed by atoms with Crippen molar-refractivity contribution in [3.05, 3.63) is 41.2 Å². The molecule has 2 heterocycles. The molecule has 0 saturated heterocycles. The third kappa shape index (κ3) is 2.37. The number of halogens is 1. The van der Waals surface area contributed by atoms with Crippen molar-refractivity contribution in [3.63, 3.8) is 0 Å². The van der Waals surface area contributed by atoms with E-state index in [0.29, 0.717) is 24.7 Å². The highest BCUT2D eigenvalue weighted by molar-refractivity contribution is 6.35. The zero-order chi connectivity index (χ0) is 13.9. The number of anilines is 1. The Morgan fingerprint density at radius 3 is 2.75 bits per heavy atom. The number of carbonyl (C=O) groups is 1. The van der Waals surface area contributed by atoms with Gasteiger partial charge in [-0.05, 0) is 18.2 Å². The third-order valence-corrected chi connectivity index (χ3v) is 2.99. The minimum atomic E-state index is -0.441. The molecule has 1 aliphatic heterocycles. The molecule has 0 radical (unpaired) electrons. The highest BCUT2D eigenvalue weighted by Crippen LogP contribution is 2.38. The maximum atomic E-state index is 12.3. The number of ether oxygens (including phenoxy) is 2. The van der Waals surface area contributed by atoms with Crippen molar-refractivity contribution in [3.8, 4) is 11.5 Å². The van der Waals surface area contributed by atoms with Gasteiger partial charge in [-0.25, -0.2) is 9.97 Å². The molecule has 0 atom stereocenters. The summed E-state index contributed by atoms with van der Waals surface area (Å²) in [5.41, 5.74) is 0.219. The molecule has 1 N–H and O–H groups in total. The number of amides is 1. The van der Waals surface area contributed by atoms with E-state index < -0.39 is 5.91 Å². The van der Waals surface area contributed by atoms with Crippen LogP contribution in [-0.4, -0.2) is 29.1 Å². The Hall–Kier alpha value is -2.34. The molecule has 2 aromatic rings. The lowest BCUT2D eigenvalue weighted by atomic mass is 10.1. The zero-order valence-electron chi connectivity index (χ0n) is 10.3. The summed E-state index contributed by atoms with van der Waals surface area (Å²) < 4.78 is 10.9. The highest BCUT2D eigenvalue weighted by atomic mass is 35.5. The second-order valence-electron chi connectivity index (χ2n) is 3.97. The Balaban J connectivity index is 1.95. The number of fused-ring (bicyclic) bond motifs is 1. The van der Waals surface area contributed by atoms with E-state index in [1.54, 1.807) is 18.2 Å². The molecule has 0 fully saturated rings. The molecule has 6 nitrogen and oxygen atoms in total. The average molecular weight is 292 g/mol. The molecule has 20 heavy (non-hydrogen) atoms. The van der Waals surface area contributed by atoms with Crippen molar-refractivity contribution in [2.24, 2.45) is 0 Å². The number of hydrogen-bond donors (Lipinski definition) is 1. The maximum Gasteiger partial charge on any atom is 0.263 e. The van der Waals surface area contributed by atoms with Crippen molar-refractivity contribution in [1.29, 1.82) is 0 Å². The summed E-state index contributed by atoms with van der Waals surface area (Å²) in [5, 5.41) is 2.85. The predicted molar refractivity (Wildman–Crippen MR) is 72.4 cm³/mol. The van der Waals surface area contributed by atoms with Crippen LogP contribution < -0.4 is 14.8 Å². The molecule has 1 aliphatic rings. The van der Waals surface area contributed by atoms with Crippen LogP contribution in [0.15, 0.2) is 30.6 Å². The van der Waals surface area contributed by atoms with Gasteiger partial charge in [0.05, 0.1) is 5.02 Å². The Bertz CT molecular complexity index is 649. The van der Waals surface area contributed by atoms with Crippen LogP contribution in [0.3, 0.4) is 0 Å². The summed E-state index contributed by atoms with van der Waals surface area (Å²) in [6.45, 7) is 0.812. The van der Waals surface area contributed by atoms with Crippen LogP contribution in [-0.2, 0) is 0 Å². The van der Waals surface area contributed by atoms with Gasteiger partial charge in [-0.1, -0.05) is 11.6 Å². The number of nitrogens with one attached hydrogen (secondary N) is 1. The molecule has 1 amide bonds. The van der Waals surface area contributed by atoms with Crippen LogP contribution in [0.2, 0.25) is 5.02 Å². The number of benzene rings is 1. The van der Waals surface area contributed by atoms with E-state index in [1.807, 2.05) is 0 Å². The van der Waals surface area contributed by atoms with Crippen LogP contribution in [0.1, 0.15) is 10.4 Å². The summed E-state index contributed by atoms with van der Waals surface area (Å²) >= 11 is 6.09. The smallest absolute Gasteiger partial charge is 0.263 e. The van der Waals surface area contributed by atoms with Gasteiger partial charge in [0, 0.05) is 12.4 Å². The Labute approximate surface area is 119 Å². The van der Waals surface area contributed by atoms with Gasteiger partial charge in [0.1, 0.15) is 18.8 Å². The van der Waals surface area contributed by atoms with Gasteiger partial charge >= 0.3 is 0 Å². The quantitative estimate of drug-likeness (QED) is 0.918. The number of rotatable bonds is 2. The van der Waals surface area contributed by atoms with E-state index in [4.69, 9.17) is 21.1 Å². The molecule has 0 unspecified atom stereocenters. The van der Waals surface area contributed by atoms with Crippen LogP contribution in [0.4, 0.5) is 5.95 Å². The average Bonchev–Trinajstić information content (AvgIpc) is 2.48. The first-order valence-electron chi connectivity index (χ1n) is 5.92. The van der Waals surface area contributed by atoms with Crippen molar-refractivity contribution in [1.82, 2.24) is 9.97 Å². The first-order valence-corrected chi connectivity index (χ1v) is 6.30. The maximum absolute atomic E-state index is 12.3. The predicted octanol–water partition coefficient (Wildman–Crippen LogP) is 2.15. The van der Waals surface area contributed by atoms with E-state index in [0.717, 1.165) is 0 Å². The summed E-state index contributed by atoms with van der Waals surface area (Å²) in [5.74, 6) is 0.600. The SMILES string of the molecule is O=C(Nc1ncccn1)c1c(Cl)ccc2c1OCCO2. The first kappa shape index (κ1) is 12.7. The van der Waals surface area contributed by atoms with Gasteiger partial charge < -0.3 is 9.47 Å². The molecular formula is C13H10ClN3O3. The van der Waals surface area contributed by atoms with Crippen molar-refractivity contribution >= 4 is 23.5 Å². The van der Waals surface area contributed by atoms with Gasteiger partial charge in [0.25, 0.3) is 5.91 Å². The number of carbonyl (C=O) groups excluding carboxylic acids is 1. The fraction of sp³-hybridized carbons (Fsp3) is 0.154. The largest absolute Gasteiger partial charge is 0.486 e. The van der Waals surface area contributed by atoms with Crippen LogP contribution in [0, 0.1) is 0 Å². The number of hydrogen-bond acceptors (Lipinski definition) is 5. The van der Waals surface area contributed by atoms with E-state index in [9.17, 15) is 4.79 Å². The fourth-order valence-corrected chi connectivity index (χ4v) is 2.07. The van der Waals surface area contributed by atoms with Crippen molar-refractivity contribution < 1.29 is 14.3 Å². The number of nitrogens with zero attached hydrogens (tertiary/aromatic N) is 2. The second kappa shape index (κ2) is 5.34.